The van der Waals surface area contributed by atoms with Crippen LogP contribution in [0.25, 0.3) is 0 Å². The first-order chi connectivity index (χ1) is 59.6. The van der Waals surface area contributed by atoms with E-state index < -0.39 is 44.1 Å². The van der Waals surface area contributed by atoms with E-state index in [1.807, 2.05) is 134 Å². The lowest BCUT2D eigenvalue weighted by molar-refractivity contribution is -0.149. The lowest BCUT2D eigenvalue weighted by Crippen LogP contribution is -2.53. The van der Waals surface area contributed by atoms with E-state index in [9.17, 15) is 41.8 Å². The van der Waals surface area contributed by atoms with Gasteiger partial charge in [-0.2, -0.15) is 5.21 Å². The van der Waals surface area contributed by atoms with Crippen LogP contribution in [0.2, 0.25) is 0 Å². The number of aromatic nitrogens is 4. The number of aromatic amines is 1. The highest BCUT2D eigenvalue weighted by Gasteiger charge is 2.39. The molecule has 30 nitrogen and oxygen atoms in total. The minimum absolute atomic E-state index is 0.179. The third-order valence-electron chi connectivity index (χ3n) is 22.9. The number of amidine groups is 4. The van der Waals surface area contributed by atoms with Crippen LogP contribution in [0.3, 0.4) is 0 Å². The molecule has 0 bridgehead atoms. The molecule has 33 heteroatoms. The van der Waals surface area contributed by atoms with Crippen LogP contribution in [-0.2, 0) is 29.8 Å². The number of carboxylic acids is 2. The quantitative estimate of drug-likeness (QED) is 0.0741. The number of piperazine rings is 4. The van der Waals surface area contributed by atoms with Crippen molar-refractivity contribution < 1.29 is 70.2 Å². The number of hydrogen-bond donors (Lipinski definition) is 4. The number of carboxylic acid groups (broad SMARTS) is 2. The third kappa shape index (κ3) is 21.5. The Balaban J connectivity index is 0.000000136. The number of halogens is 2. The predicted octanol–water partition coefficient (Wildman–Crippen LogP) is 13.4. The first-order valence-electron chi connectivity index (χ1n) is 41.7. The molecule has 9 aromatic rings. The molecule has 4 fully saturated rings. The molecular formula is C92H107F2N17O13S. The highest BCUT2D eigenvalue weighted by Crippen LogP contribution is 2.45. The molecule has 0 spiro atoms. The zero-order chi connectivity index (χ0) is 88.7. The number of benzene rings is 8. The van der Waals surface area contributed by atoms with Gasteiger partial charge in [0.25, 0.3) is 0 Å². The summed E-state index contributed by atoms with van der Waals surface area (Å²) in [5, 5.41) is 33.4. The molecule has 8 aromatic carbocycles. The number of para-hydroxylation sites is 6. The molecule has 1 amide bonds. The number of aliphatic carboxylic acids is 2. The number of carbonyl (C=O) groups is 3. The number of nitrogens with one attached hydrogen (secondary N) is 2. The standard InChI is InChI=1S/C24H30N4O5S.C23H26FN3O3.C23H27N7O2.C22H24FN3O3/c1-24(2,23(29)26-34(4,30)31)16-27-11-13-28(14-12-27)22-18-15-17(32-3)9-10-20(18)33-21-8-6-5-7-19(21)25-22;1-15-4-7-19-18(12-15)25-21(17-6-5-16(24)13-20(17)30-19)27-10-8-26(9-11-27)14-23(2,3)22(28)29;1-23(2,22-25-27-28-26-22)15-29-10-12-30(13-11-29)21-17-14-16(31-3)8-9-19(17)32-20-7-5-4-6-18(20)24-21;1-22(2,21(27)28)14-25-9-11-26(12-10-25)20-16-8-7-15(23)13-19(16)29-18-6-4-3-5-17(18)24-20/h5-10,15H,11-14,16H2,1-4H3,(H,26,29);4-7,12-13H,8-11,14H2,1-3H3,(H,28,29);4-9,14H,10-13,15H2,1-3H3,(H,25,26,27,28);3-8,13H,9-12,14H2,1-2H3,(H,27,28). The van der Waals surface area contributed by atoms with Crippen molar-refractivity contribution in [1.29, 1.82) is 0 Å². The summed E-state index contributed by atoms with van der Waals surface area (Å²) < 4.78 is 88.1. The molecule has 0 aliphatic carbocycles. The minimum atomic E-state index is -3.60. The van der Waals surface area contributed by atoms with Gasteiger partial charge in [0, 0.05) is 148 Å². The maximum Gasteiger partial charge on any atom is 0.310 e. The predicted molar refractivity (Wildman–Crippen MR) is 473 cm³/mol. The summed E-state index contributed by atoms with van der Waals surface area (Å²) >= 11 is 0. The van der Waals surface area contributed by atoms with Gasteiger partial charge in [-0.3, -0.25) is 38.7 Å². The summed E-state index contributed by atoms with van der Waals surface area (Å²) in [6, 6.07) is 49.4. The van der Waals surface area contributed by atoms with Gasteiger partial charge in [0.15, 0.2) is 28.8 Å². The number of rotatable bonds is 15. The topological polar surface area (TPSA) is 323 Å². The van der Waals surface area contributed by atoms with Gasteiger partial charge in [-0.15, -0.1) is 10.2 Å². The Labute approximate surface area is 726 Å². The smallest absolute Gasteiger partial charge is 0.310 e. The van der Waals surface area contributed by atoms with Crippen molar-refractivity contribution in [2.24, 2.45) is 36.2 Å². The van der Waals surface area contributed by atoms with E-state index in [4.69, 9.17) is 48.4 Å². The Hall–Kier alpha value is -12.4. The highest BCUT2D eigenvalue weighted by atomic mass is 32.2. The second-order valence-corrected chi connectivity index (χ2v) is 36.4. The first kappa shape index (κ1) is 88.9. The average molecular weight is 1730 g/mol. The van der Waals surface area contributed by atoms with Crippen molar-refractivity contribution in [2.75, 3.05) is 151 Å². The van der Waals surface area contributed by atoms with Crippen LogP contribution >= 0.6 is 0 Å². The second kappa shape index (κ2) is 37.6. The first-order valence-corrected chi connectivity index (χ1v) is 43.6. The number of tetrazole rings is 1. The van der Waals surface area contributed by atoms with Crippen molar-refractivity contribution in [3.63, 3.8) is 0 Å². The van der Waals surface area contributed by atoms with Gasteiger partial charge >= 0.3 is 11.9 Å². The number of methoxy groups -OCH3 is 2. The molecule has 9 heterocycles. The number of hydrogen-bond acceptors (Lipinski definition) is 26. The van der Waals surface area contributed by atoms with Gasteiger partial charge in [0.05, 0.1) is 59.0 Å². The molecule has 8 aliphatic rings. The van der Waals surface area contributed by atoms with Crippen LogP contribution in [0.5, 0.6) is 57.5 Å². The SMILES string of the molecule is CC(C)(CN1CCN(C2=Nc3ccccc3Oc3cc(F)ccc32)CC1)C(=O)O.COc1ccc2c(c1)C(N1CCN(CC(C)(C)C(=O)NS(C)(=O)=O)CC1)=Nc1ccccc1O2.COc1ccc2c(c1)C(N1CCN(CC(C)(C)c3nn[nH]n3)CC1)=Nc1ccccc1O2.Cc1ccc2c(c1)N=C(N1CCN(CC(C)(C)C(=O)O)CC1)c1ccc(F)cc1O2. The molecule has 8 aliphatic heterocycles. The van der Waals surface area contributed by atoms with Crippen LogP contribution < -0.4 is 33.1 Å². The molecule has 1 aromatic heterocycles. The normalized spacial score (nSPS) is 16.7. The van der Waals surface area contributed by atoms with E-state index in [1.54, 1.807) is 67.9 Å². The van der Waals surface area contributed by atoms with E-state index in [1.165, 1.54) is 24.3 Å². The number of amides is 1. The molecule has 0 saturated carbocycles. The Morgan fingerprint density at radius 2 is 0.768 bits per heavy atom. The average Bonchev–Trinajstić information content (AvgIpc) is 1.60. The maximum atomic E-state index is 13.9. The molecule has 658 valence electrons. The third-order valence-corrected chi connectivity index (χ3v) is 23.4. The lowest BCUT2D eigenvalue weighted by atomic mass is 9.91. The summed E-state index contributed by atoms with van der Waals surface area (Å²) in [4.78, 5) is 72.9. The highest BCUT2D eigenvalue weighted by molar-refractivity contribution is 7.89. The van der Waals surface area contributed by atoms with Crippen LogP contribution in [0.1, 0.15) is 89.0 Å². The summed E-state index contributed by atoms with van der Waals surface area (Å²) in [5.74, 6) is 7.73. The van der Waals surface area contributed by atoms with E-state index in [0.29, 0.717) is 112 Å². The van der Waals surface area contributed by atoms with Crippen molar-refractivity contribution in [3.05, 3.63) is 209 Å². The number of H-pyrrole nitrogens is 1. The fraction of sp³-hybridized carbons (Fsp3) is 0.391. The molecular weight excluding hydrogens is 1620 g/mol. The summed E-state index contributed by atoms with van der Waals surface area (Å²) in [6.45, 7) is 31.2. The number of aryl methyl sites for hydroxylation is 1. The number of fused-ring (bicyclic) bond motifs is 8. The molecule has 4 N–H and O–H groups in total. The Bertz CT molecular complexity index is 5700. The number of aliphatic imine (C=N–C) groups is 4. The van der Waals surface area contributed by atoms with Gasteiger partial charge in [-0.25, -0.2) is 37.2 Å². The van der Waals surface area contributed by atoms with Gasteiger partial charge in [0.2, 0.25) is 15.9 Å². The monoisotopic (exact) mass is 1730 g/mol. The van der Waals surface area contributed by atoms with Crippen LogP contribution in [0.15, 0.2) is 184 Å². The van der Waals surface area contributed by atoms with E-state index in [-0.39, 0.29) is 17.0 Å². The van der Waals surface area contributed by atoms with Crippen LogP contribution in [0.4, 0.5) is 31.5 Å². The van der Waals surface area contributed by atoms with Crippen molar-refractivity contribution in [1.82, 2.24) is 64.5 Å². The minimum Gasteiger partial charge on any atom is -0.497 e. The van der Waals surface area contributed by atoms with Crippen molar-refractivity contribution in [2.45, 2.75) is 67.7 Å². The molecule has 0 atom stereocenters. The molecule has 125 heavy (non-hydrogen) atoms. The van der Waals surface area contributed by atoms with Crippen LogP contribution in [-0.4, -0.2) is 271 Å². The number of ether oxygens (including phenoxy) is 6. The number of carbonyl (C=O) groups excluding carboxylic acids is 1. The summed E-state index contributed by atoms with van der Waals surface area (Å²) in [7, 11) is -0.291. The number of sulfonamides is 1. The van der Waals surface area contributed by atoms with Gasteiger partial charge in [0.1, 0.15) is 92.2 Å². The van der Waals surface area contributed by atoms with Crippen LogP contribution in [0, 0.1) is 34.8 Å². The maximum absolute atomic E-state index is 13.9. The Morgan fingerprint density at radius 1 is 0.424 bits per heavy atom. The van der Waals surface area contributed by atoms with Crippen molar-refractivity contribution in [3.8, 4) is 57.5 Å². The fourth-order valence-corrected chi connectivity index (χ4v) is 16.5. The Kier molecular flexibility index (Phi) is 26.7. The molecule has 0 unspecified atom stereocenters. The lowest BCUT2D eigenvalue weighted by Gasteiger charge is -2.39. The Morgan fingerprint density at radius 3 is 1.14 bits per heavy atom. The summed E-state index contributed by atoms with van der Waals surface area (Å²) in [5.41, 5.74) is 4.77. The molecule has 4 saturated heterocycles. The van der Waals surface area contributed by atoms with E-state index >= 15 is 0 Å². The van der Waals surface area contributed by atoms with Gasteiger partial charge in [-0.1, -0.05) is 61.5 Å². The zero-order valence-electron chi connectivity index (χ0n) is 72.5. The van der Waals surface area contributed by atoms with E-state index in [0.717, 1.165) is 162 Å². The fourth-order valence-electron chi connectivity index (χ4n) is 15.9. The molecule has 0 radical (unpaired) electrons. The van der Waals surface area contributed by atoms with Gasteiger partial charge < -0.3 is 58.2 Å². The largest absolute Gasteiger partial charge is 0.497 e. The zero-order valence-corrected chi connectivity index (χ0v) is 73.3. The van der Waals surface area contributed by atoms with Crippen molar-refractivity contribution >= 4 is 74.0 Å². The van der Waals surface area contributed by atoms with E-state index in [2.05, 4.69) is 78.4 Å². The van der Waals surface area contributed by atoms with Gasteiger partial charge in [-0.05, 0) is 163 Å². The second-order valence-electron chi connectivity index (χ2n) is 34.7. The molecule has 17 rings (SSSR count). The summed E-state index contributed by atoms with van der Waals surface area (Å²) in [6.07, 6.45) is 0.988. The number of nitrogens with zero attached hydrogens (tertiary/aromatic N) is 15.